The van der Waals surface area contributed by atoms with E-state index >= 15 is 0 Å². The zero-order valence-corrected chi connectivity index (χ0v) is 11.9. The SMILES string of the molecule is Nc1ccc(-c2csc(-c3c(F)cccc3Cl)n2)cc1. The predicted molar refractivity (Wildman–Crippen MR) is 82.4 cm³/mol. The second-order valence-corrected chi connectivity index (χ2v) is 5.52. The summed E-state index contributed by atoms with van der Waals surface area (Å²) in [6.45, 7) is 0. The Kier molecular flexibility index (Phi) is 3.42. The van der Waals surface area contributed by atoms with Gasteiger partial charge in [-0.25, -0.2) is 9.37 Å². The Morgan fingerprint density at radius 2 is 1.85 bits per heavy atom. The summed E-state index contributed by atoms with van der Waals surface area (Å²) in [6, 6.07) is 12.0. The predicted octanol–water partition coefficient (Wildman–Crippen LogP) is 4.85. The van der Waals surface area contributed by atoms with Crippen molar-refractivity contribution in [1.82, 2.24) is 4.98 Å². The van der Waals surface area contributed by atoms with Crippen LogP contribution in [-0.2, 0) is 0 Å². The molecule has 2 N–H and O–H groups in total. The molecule has 0 fully saturated rings. The Balaban J connectivity index is 2.04. The van der Waals surface area contributed by atoms with E-state index in [1.54, 1.807) is 12.1 Å². The van der Waals surface area contributed by atoms with Crippen molar-refractivity contribution in [2.45, 2.75) is 0 Å². The molecular weight excluding hydrogens is 295 g/mol. The van der Waals surface area contributed by atoms with Crippen LogP contribution in [-0.4, -0.2) is 4.98 Å². The third-order valence-corrected chi connectivity index (χ3v) is 4.06. The van der Waals surface area contributed by atoms with Gasteiger partial charge in [0.1, 0.15) is 10.8 Å². The lowest BCUT2D eigenvalue weighted by atomic mass is 10.1. The smallest absolute Gasteiger partial charge is 0.134 e. The number of aromatic nitrogens is 1. The third kappa shape index (κ3) is 2.40. The summed E-state index contributed by atoms with van der Waals surface area (Å²) in [6.07, 6.45) is 0. The minimum absolute atomic E-state index is 0.348. The van der Waals surface area contributed by atoms with Crippen LogP contribution in [0.1, 0.15) is 0 Å². The average molecular weight is 305 g/mol. The van der Waals surface area contributed by atoms with Crippen LogP contribution < -0.4 is 5.73 Å². The number of halogens is 2. The van der Waals surface area contributed by atoms with E-state index < -0.39 is 0 Å². The minimum Gasteiger partial charge on any atom is -0.399 e. The van der Waals surface area contributed by atoms with Crippen LogP contribution in [0.4, 0.5) is 10.1 Å². The van der Waals surface area contributed by atoms with E-state index in [1.165, 1.54) is 17.4 Å². The van der Waals surface area contributed by atoms with Gasteiger partial charge in [0.25, 0.3) is 0 Å². The van der Waals surface area contributed by atoms with Gasteiger partial charge in [-0.3, -0.25) is 0 Å². The number of anilines is 1. The number of nitrogens with zero attached hydrogens (tertiary/aromatic N) is 1. The minimum atomic E-state index is -0.365. The van der Waals surface area contributed by atoms with E-state index in [2.05, 4.69) is 4.98 Å². The summed E-state index contributed by atoms with van der Waals surface area (Å²) >= 11 is 7.41. The van der Waals surface area contributed by atoms with Gasteiger partial charge in [-0.2, -0.15) is 0 Å². The summed E-state index contributed by atoms with van der Waals surface area (Å²) in [5, 5.41) is 2.81. The van der Waals surface area contributed by atoms with Crippen LogP contribution in [0.3, 0.4) is 0 Å². The molecule has 0 aliphatic rings. The van der Waals surface area contributed by atoms with Gasteiger partial charge in [-0.1, -0.05) is 29.8 Å². The van der Waals surface area contributed by atoms with E-state index in [0.717, 1.165) is 11.3 Å². The molecule has 0 saturated heterocycles. The van der Waals surface area contributed by atoms with Crippen molar-refractivity contribution >= 4 is 28.6 Å². The molecule has 1 aromatic heterocycles. The second kappa shape index (κ2) is 5.23. The molecule has 3 aromatic rings. The molecule has 0 unspecified atom stereocenters. The van der Waals surface area contributed by atoms with Crippen LogP contribution >= 0.6 is 22.9 Å². The van der Waals surface area contributed by atoms with Crippen molar-refractivity contribution in [2.75, 3.05) is 5.73 Å². The molecule has 100 valence electrons. The Morgan fingerprint density at radius 3 is 2.55 bits per heavy atom. The third-order valence-electron chi connectivity index (χ3n) is 2.89. The molecule has 1 heterocycles. The number of thiazole rings is 1. The molecule has 0 saturated carbocycles. The number of benzene rings is 2. The van der Waals surface area contributed by atoms with Crippen molar-refractivity contribution in [1.29, 1.82) is 0 Å². The maximum atomic E-state index is 13.9. The Labute approximate surface area is 124 Å². The largest absolute Gasteiger partial charge is 0.399 e. The fourth-order valence-electron chi connectivity index (χ4n) is 1.88. The quantitative estimate of drug-likeness (QED) is 0.687. The van der Waals surface area contributed by atoms with Gasteiger partial charge >= 0.3 is 0 Å². The first-order chi connectivity index (χ1) is 9.65. The molecular formula is C15H10ClFN2S. The number of nitrogen functional groups attached to an aromatic ring is 1. The van der Waals surface area contributed by atoms with Crippen molar-refractivity contribution in [3.05, 3.63) is 58.7 Å². The van der Waals surface area contributed by atoms with Gasteiger partial charge in [0.15, 0.2) is 0 Å². The van der Waals surface area contributed by atoms with E-state index in [4.69, 9.17) is 17.3 Å². The number of hydrogen-bond donors (Lipinski definition) is 1. The first-order valence-electron chi connectivity index (χ1n) is 5.91. The van der Waals surface area contributed by atoms with Gasteiger partial charge in [-0.15, -0.1) is 11.3 Å². The maximum Gasteiger partial charge on any atom is 0.134 e. The summed E-state index contributed by atoms with van der Waals surface area (Å²) in [5.41, 5.74) is 8.42. The lowest BCUT2D eigenvalue weighted by Crippen LogP contribution is -1.86. The summed E-state index contributed by atoms with van der Waals surface area (Å²) in [7, 11) is 0. The van der Waals surface area contributed by atoms with Crippen molar-refractivity contribution in [3.8, 4) is 21.8 Å². The highest BCUT2D eigenvalue weighted by Crippen LogP contribution is 2.35. The lowest BCUT2D eigenvalue weighted by Gasteiger charge is -2.01. The molecule has 0 radical (unpaired) electrons. The average Bonchev–Trinajstić information content (AvgIpc) is 2.89. The number of nitrogens with two attached hydrogens (primary N) is 1. The fourth-order valence-corrected chi connectivity index (χ4v) is 3.07. The molecule has 0 atom stereocenters. The molecule has 2 aromatic carbocycles. The normalized spacial score (nSPS) is 10.7. The van der Waals surface area contributed by atoms with Gasteiger partial charge in [-0.05, 0) is 24.3 Å². The van der Waals surface area contributed by atoms with Crippen LogP contribution in [0.5, 0.6) is 0 Å². The van der Waals surface area contributed by atoms with Crippen molar-refractivity contribution < 1.29 is 4.39 Å². The second-order valence-electron chi connectivity index (χ2n) is 4.26. The molecule has 5 heteroatoms. The van der Waals surface area contributed by atoms with Gasteiger partial charge < -0.3 is 5.73 Å². The number of rotatable bonds is 2. The molecule has 0 bridgehead atoms. The highest BCUT2D eigenvalue weighted by Gasteiger charge is 2.14. The van der Waals surface area contributed by atoms with Crippen LogP contribution in [0.2, 0.25) is 5.02 Å². The van der Waals surface area contributed by atoms with Crippen molar-refractivity contribution in [2.24, 2.45) is 0 Å². The summed E-state index contributed by atoms with van der Waals surface area (Å²) in [5.74, 6) is -0.365. The Morgan fingerprint density at radius 1 is 1.10 bits per heavy atom. The molecule has 0 aliphatic heterocycles. The maximum absolute atomic E-state index is 13.9. The zero-order valence-electron chi connectivity index (χ0n) is 10.3. The Bertz CT molecular complexity index is 733. The van der Waals surface area contributed by atoms with E-state index in [9.17, 15) is 4.39 Å². The fraction of sp³-hybridized carbons (Fsp3) is 0. The van der Waals surface area contributed by atoms with Gasteiger partial charge in [0.05, 0.1) is 16.3 Å². The topological polar surface area (TPSA) is 38.9 Å². The summed E-state index contributed by atoms with van der Waals surface area (Å²) < 4.78 is 13.9. The van der Waals surface area contributed by atoms with Crippen LogP contribution in [0.15, 0.2) is 47.8 Å². The highest BCUT2D eigenvalue weighted by atomic mass is 35.5. The monoisotopic (exact) mass is 304 g/mol. The molecule has 0 spiro atoms. The zero-order chi connectivity index (χ0) is 14.1. The van der Waals surface area contributed by atoms with E-state index in [0.29, 0.717) is 21.3 Å². The molecule has 0 amide bonds. The first-order valence-corrected chi connectivity index (χ1v) is 7.17. The van der Waals surface area contributed by atoms with Crippen LogP contribution in [0, 0.1) is 5.82 Å². The van der Waals surface area contributed by atoms with E-state index in [-0.39, 0.29) is 5.82 Å². The molecule has 2 nitrogen and oxygen atoms in total. The Hall–Kier alpha value is -1.91. The van der Waals surface area contributed by atoms with Crippen molar-refractivity contribution in [3.63, 3.8) is 0 Å². The standard InChI is InChI=1S/C15H10ClFN2S/c16-11-2-1-3-12(17)14(11)15-19-13(8-20-15)9-4-6-10(18)7-5-9/h1-8H,18H2. The number of hydrogen-bond acceptors (Lipinski definition) is 3. The summed E-state index contributed by atoms with van der Waals surface area (Å²) in [4.78, 5) is 4.46. The molecule has 20 heavy (non-hydrogen) atoms. The molecule has 0 aliphatic carbocycles. The van der Waals surface area contributed by atoms with E-state index in [1.807, 2.05) is 29.6 Å². The molecule has 3 rings (SSSR count). The van der Waals surface area contributed by atoms with Gasteiger partial charge in [0, 0.05) is 16.6 Å². The first kappa shape index (κ1) is 13.1. The van der Waals surface area contributed by atoms with Crippen LogP contribution in [0.25, 0.3) is 21.8 Å². The lowest BCUT2D eigenvalue weighted by molar-refractivity contribution is 0.631. The highest BCUT2D eigenvalue weighted by molar-refractivity contribution is 7.13. The van der Waals surface area contributed by atoms with Gasteiger partial charge in [0.2, 0.25) is 0 Å².